The van der Waals surface area contributed by atoms with E-state index in [1.807, 2.05) is 6.07 Å². The molecule has 0 aliphatic heterocycles. The van der Waals surface area contributed by atoms with E-state index in [1.54, 1.807) is 30.3 Å². The van der Waals surface area contributed by atoms with Gasteiger partial charge < -0.3 is 10.5 Å². The van der Waals surface area contributed by atoms with Crippen molar-refractivity contribution in [1.82, 2.24) is 0 Å². The summed E-state index contributed by atoms with van der Waals surface area (Å²) >= 11 is 12.8. The molecule has 98 valence electrons. The maximum absolute atomic E-state index is 7.54. The molecular formula is C13H9Br2ClN2O. The van der Waals surface area contributed by atoms with Crippen LogP contribution in [0.15, 0.2) is 45.3 Å². The van der Waals surface area contributed by atoms with Gasteiger partial charge in [0.1, 0.15) is 17.3 Å². The van der Waals surface area contributed by atoms with Gasteiger partial charge in [-0.1, -0.05) is 43.5 Å². The van der Waals surface area contributed by atoms with Gasteiger partial charge in [-0.2, -0.15) is 0 Å². The maximum Gasteiger partial charge on any atom is 0.146 e. The molecule has 19 heavy (non-hydrogen) atoms. The summed E-state index contributed by atoms with van der Waals surface area (Å²) in [5, 5.41) is 8.02. The molecule has 0 aliphatic rings. The topological polar surface area (TPSA) is 59.1 Å². The Morgan fingerprint density at radius 3 is 2.32 bits per heavy atom. The summed E-state index contributed by atoms with van der Waals surface area (Å²) in [6.07, 6.45) is 0. The normalized spacial score (nSPS) is 10.3. The molecule has 3 nitrogen and oxygen atoms in total. The number of benzene rings is 2. The van der Waals surface area contributed by atoms with Crippen LogP contribution in [-0.4, -0.2) is 5.84 Å². The molecule has 0 bridgehead atoms. The Morgan fingerprint density at radius 2 is 1.68 bits per heavy atom. The van der Waals surface area contributed by atoms with Gasteiger partial charge in [-0.15, -0.1) is 0 Å². The first kappa shape index (κ1) is 14.4. The van der Waals surface area contributed by atoms with Crippen LogP contribution < -0.4 is 10.5 Å². The summed E-state index contributed by atoms with van der Waals surface area (Å²) in [5.41, 5.74) is 6.04. The number of hydrogen-bond donors (Lipinski definition) is 2. The first-order valence-corrected chi connectivity index (χ1v) is 7.20. The van der Waals surface area contributed by atoms with E-state index in [-0.39, 0.29) is 5.84 Å². The third-order valence-electron chi connectivity index (χ3n) is 2.35. The van der Waals surface area contributed by atoms with Gasteiger partial charge in [0.2, 0.25) is 0 Å². The van der Waals surface area contributed by atoms with Crippen molar-refractivity contribution in [2.24, 2.45) is 5.73 Å². The number of hydrogen-bond acceptors (Lipinski definition) is 2. The fourth-order valence-electron chi connectivity index (χ4n) is 1.48. The molecule has 0 saturated heterocycles. The number of nitrogens with one attached hydrogen (secondary N) is 1. The molecule has 0 heterocycles. The zero-order chi connectivity index (χ0) is 14.0. The van der Waals surface area contributed by atoms with Crippen molar-refractivity contribution in [2.75, 3.05) is 0 Å². The van der Waals surface area contributed by atoms with E-state index in [4.69, 9.17) is 27.5 Å². The van der Waals surface area contributed by atoms with E-state index in [0.717, 1.165) is 8.95 Å². The molecule has 2 rings (SSSR count). The van der Waals surface area contributed by atoms with Crippen LogP contribution in [0.4, 0.5) is 0 Å². The molecular weight excluding hydrogens is 395 g/mol. The number of rotatable bonds is 3. The van der Waals surface area contributed by atoms with Crippen LogP contribution in [0.25, 0.3) is 0 Å². The zero-order valence-corrected chi connectivity index (χ0v) is 13.5. The van der Waals surface area contributed by atoms with E-state index < -0.39 is 0 Å². The van der Waals surface area contributed by atoms with Gasteiger partial charge >= 0.3 is 0 Å². The fraction of sp³-hybridized carbons (Fsp3) is 0. The van der Waals surface area contributed by atoms with Gasteiger partial charge in [0.05, 0.1) is 10.6 Å². The Hall–Kier alpha value is -1.04. The van der Waals surface area contributed by atoms with Crippen LogP contribution >= 0.6 is 43.5 Å². The van der Waals surface area contributed by atoms with Crippen molar-refractivity contribution in [3.63, 3.8) is 0 Å². The number of amidine groups is 1. The summed E-state index contributed by atoms with van der Waals surface area (Å²) in [6, 6.07) is 10.6. The van der Waals surface area contributed by atoms with E-state index in [1.165, 1.54) is 0 Å². The summed E-state index contributed by atoms with van der Waals surface area (Å²) < 4.78 is 7.43. The summed E-state index contributed by atoms with van der Waals surface area (Å²) in [5.74, 6) is 0.923. The van der Waals surface area contributed by atoms with Crippen LogP contribution in [0.1, 0.15) is 5.56 Å². The van der Waals surface area contributed by atoms with Crippen molar-refractivity contribution < 1.29 is 4.74 Å². The molecule has 0 radical (unpaired) electrons. The third kappa shape index (κ3) is 3.49. The van der Waals surface area contributed by atoms with Crippen LogP contribution in [0.3, 0.4) is 0 Å². The lowest BCUT2D eigenvalue weighted by Gasteiger charge is -2.12. The second-order valence-electron chi connectivity index (χ2n) is 3.73. The van der Waals surface area contributed by atoms with Crippen LogP contribution in [0.2, 0.25) is 5.02 Å². The van der Waals surface area contributed by atoms with E-state index in [2.05, 4.69) is 31.9 Å². The number of nitrogen functional groups attached to an aromatic ring is 1. The maximum atomic E-state index is 7.54. The summed E-state index contributed by atoms with van der Waals surface area (Å²) in [6.45, 7) is 0. The van der Waals surface area contributed by atoms with Crippen molar-refractivity contribution >= 4 is 49.3 Å². The summed E-state index contributed by atoms with van der Waals surface area (Å²) in [7, 11) is 0. The molecule has 0 fully saturated rings. The highest BCUT2D eigenvalue weighted by Crippen LogP contribution is 2.34. The van der Waals surface area contributed by atoms with Gasteiger partial charge in [-0.3, -0.25) is 5.41 Å². The molecule has 0 spiro atoms. The van der Waals surface area contributed by atoms with Crippen molar-refractivity contribution in [1.29, 1.82) is 5.41 Å². The van der Waals surface area contributed by atoms with Crippen LogP contribution in [-0.2, 0) is 0 Å². The quantitative estimate of drug-likeness (QED) is 0.562. The number of ether oxygens (including phenoxy) is 1. The smallest absolute Gasteiger partial charge is 0.146 e. The zero-order valence-electron chi connectivity index (χ0n) is 9.58. The molecule has 2 aromatic carbocycles. The Labute approximate surface area is 132 Å². The average Bonchev–Trinajstić information content (AvgIpc) is 2.32. The van der Waals surface area contributed by atoms with Gasteiger partial charge in [0, 0.05) is 8.95 Å². The number of halogens is 3. The van der Waals surface area contributed by atoms with Crippen molar-refractivity contribution in [3.05, 3.63) is 55.9 Å². The molecule has 3 N–H and O–H groups in total. The second-order valence-corrected chi connectivity index (χ2v) is 5.97. The predicted molar refractivity (Wildman–Crippen MR) is 84.4 cm³/mol. The first-order chi connectivity index (χ1) is 8.97. The monoisotopic (exact) mass is 402 g/mol. The predicted octanol–water partition coefficient (Wildman–Crippen LogP) is 4.94. The van der Waals surface area contributed by atoms with E-state index >= 15 is 0 Å². The lowest BCUT2D eigenvalue weighted by atomic mass is 10.2. The van der Waals surface area contributed by atoms with Gasteiger partial charge in [0.15, 0.2) is 0 Å². The highest BCUT2D eigenvalue weighted by molar-refractivity contribution is 9.10. The first-order valence-electron chi connectivity index (χ1n) is 5.24. The highest BCUT2D eigenvalue weighted by atomic mass is 79.9. The molecule has 0 aliphatic carbocycles. The fourth-order valence-corrected chi connectivity index (χ4v) is 2.53. The molecule has 0 saturated carbocycles. The minimum absolute atomic E-state index is 0.0595. The molecule has 0 unspecified atom stereocenters. The minimum Gasteiger partial charge on any atom is -0.455 e. The lowest BCUT2D eigenvalue weighted by Crippen LogP contribution is -2.12. The van der Waals surface area contributed by atoms with Crippen LogP contribution in [0.5, 0.6) is 11.5 Å². The Balaban J connectivity index is 2.42. The minimum atomic E-state index is -0.0595. The second kappa shape index (κ2) is 5.94. The standard InChI is InChI=1S/C13H9Br2ClN2O/c14-7-2-4-11(10(16)5-7)19-12-6-8(15)1-3-9(12)13(17)18/h1-6H,(H3,17,18). The van der Waals surface area contributed by atoms with Gasteiger partial charge in [0.25, 0.3) is 0 Å². The summed E-state index contributed by atoms with van der Waals surface area (Å²) in [4.78, 5) is 0. The molecule has 0 atom stereocenters. The van der Waals surface area contributed by atoms with Gasteiger partial charge in [-0.05, 0) is 36.4 Å². The Bertz CT molecular complexity index is 647. The lowest BCUT2D eigenvalue weighted by molar-refractivity contribution is 0.481. The van der Waals surface area contributed by atoms with E-state index in [0.29, 0.717) is 22.1 Å². The van der Waals surface area contributed by atoms with Gasteiger partial charge in [-0.25, -0.2) is 0 Å². The van der Waals surface area contributed by atoms with Crippen molar-refractivity contribution in [3.8, 4) is 11.5 Å². The average molecular weight is 404 g/mol. The highest BCUT2D eigenvalue weighted by Gasteiger charge is 2.10. The Morgan fingerprint density at radius 1 is 1.05 bits per heavy atom. The third-order valence-corrected chi connectivity index (χ3v) is 3.63. The van der Waals surface area contributed by atoms with Crippen LogP contribution in [0, 0.1) is 5.41 Å². The van der Waals surface area contributed by atoms with E-state index in [9.17, 15) is 0 Å². The molecule has 0 amide bonds. The molecule has 0 aromatic heterocycles. The Kier molecular flexibility index (Phi) is 4.50. The SMILES string of the molecule is N=C(N)c1ccc(Br)cc1Oc1ccc(Br)cc1Cl. The number of nitrogens with two attached hydrogens (primary N) is 1. The molecule has 6 heteroatoms. The molecule has 2 aromatic rings. The largest absolute Gasteiger partial charge is 0.455 e. The van der Waals surface area contributed by atoms with Crippen molar-refractivity contribution in [2.45, 2.75) is 0 Å².